The van der Waals surface area contributed by atoms with Crippen molar-refractivity contribution in [1.29, 1.82) is 0 Å². The first kappa shape index (κ1) is 10.6. The summed E-state index contributed by atoms with van der Waals surface area (Å²) in [5.74, 6) is 2.10. The molecule has 1 heterocycles. The number of carbonyl (C=O) groups is 1. The Labute approximate surface area is 94.4 Å². The maximum atomic E-state index is 11.5. The molecule has 0 aliphatic carbocycles. The molecule has 3 heteroatoms. The maximum absolute atomic E-state index is 11.5. The Morgan fingerprint density at radius 1 is 1.40 bits per heavy atom. The van der Waals surface area contributed by atoms with Crippen LogP contribution in [0.3, 0.4) is 0 Å². The van der Waals surface area contributed by atoms with Crippen LogP contribution in [0.4, 0.5) is 0 Å². The van der Waals surface area contributed by atoms with Gasteiger partial charge in [-0.2, -0.15) is 11.8 Å². The Morgan fingerprint density at radius 3 is 3.00 bits per heavy atom. The summed E-state index contributed by atoms with van der Waals surface area (Å²) in [7, 11) is 0. The number of thioether (sulfide) groups is 1. The molecule has 0 radical (unpaired) electrons. The molecule has 0 aromatic heterocycles. The standard InChI is InChI=1S/C12H15NOS/c1-9-4-2-3-5-10(9)11-8-15-7-6-12(14)13-11/h2-5,11H,6-8H2,1H3,(H,13,14). The van der Waals surface area contributed by atoms with Crippen molar-refractivity contribution in [3.63, 3.8) is 0 Å². The van der Waals surface area contributed by atoms with Crippen LogP contribution in [0.25, 0.3) is 0 Å². The van der Waals surface area contributed by atoms with Crippen molar-refractivity contribution in [1.82, 2.24) is 5.32 Å². The van der Waals surface area contributed by atoms with Gasteiger partial charge in [0.25, 0.3) is 0 Å². The van der Waals surface area contributed by atoms with Gasteiger partial charge in [0.1, 0.15) is 0 Å². The van der Waals surface area contributed by atoms with Crippen LogP contribution in [0.1, 0.15) is 23.6 Å². The lowest BCUT2D eigenvalue weighted by atomic mass is 10.0. The lowest BCUT2D eigenvalue weighted by Gasteiger charge is -2.17. The second kappa shape index (κ2) is 4.71. The van der Waals surface area contributed by atoms with E-state index in [0.717, 1.165) is 11.5 Å². The molecule has 1 saturated heterocycles. The highest BCUT2D eigenvalue weighted by Gasteiger charge is 2.19. The predicted molar refractivity (Wildman–Crippen MR) is 64.0 cm³/mol. The third-order valence-corrected chi connectivity index (χ3v) is 3.72. The van der Waals surface area contributed by atoms with Crippen molar-refractivity contribution in [2.45, 2.75) is 19.4 Å². The fourth-order valence-electron chi connectivity index (χ4n) is 1.82. The van der Waals surface area contributed by atoms with Crippen LogP contribution in [-0.4, -0.2) is 17.4 Å². The molecule has 2 rings (SSSR count). The molecule has 0 spiro atoms. The molecule has 1 aromatic rings. The van der Waals surface area contributed by atoms with E-state index in [0.29, 0.717) is 6.42 Å². The fraction of sp³-hybridized carbons (Fsp3) is 0.417. The summed E-state index contributed by atoms with van der Waals surface area (Å²) in [5, 5.41) is 3.08. The number of hydrogen-bond acceptors (Lipinski definition) is 2. The number of benzene rings is 1. The minimum absolute atomic E-state index is 0.174. The van der Waals surface area contributed by atoms with Gasteiger partial charge < -0.3 is 5.32 Å². The molecule has 1 fully saturated rings. The zero-order chi connectivity index (χ0) is 10.7. The summed E-state index contributed by atoms with van der Waals surface area (Å²) in [4.78, 5) is 11.5. The maximum Gasteiger partial charge on any atom is 0.221 e. The van der Waals surface area contributed by atoms with E-state index in [1.54, 1.807) is 0 Å². The second-order valence-corrected chi connectivity index (χ2v) is 4.95. The van der Waals surface area contributed by atoms with Gasteiger partial charge in [0.05, 0.1) is 6.04 Å². The van der Waals surface area contributed by atoms with Crippen LogP contribution in [0.5, 0.6) is 0 Å². The highest BCUT2D eigenvalue weighted by molar-refractivity contribution is 7.99. The van der Waals surface area contributed by atoms with Gasteiger partial charge in [-0.1, -0.05) is 24.3 Å². The van der Waals surface area contributed by atoms with Crippen molar-refractivity contribution >= 4 is 17.7 Å². The summed E-state index contributed by atoms with van der Waals surface area (Å²) < 4.78 is 0. The predicted octanol–water partition coefficient (Wildman–Crippen LogP) is 2.29. The third-order valence-electron chi connectivity index (χ3n) is 2.66. The van der Waals surface area contributed by atoms with Crippen molar-refractivity contribution in [2.75, 3.05) is 11.5 Å². The fourth-order valence-corrected chi connectivity index (χ4v) is 2.81. The normalized spacial score (nSPS) is 21.9. The molecule has 1 unspecified atom stereocenters. The van der Waals surface area contributed by atoms with Gasteiger partial charge in [-0.3, -0.25) is 4.79 Å². The van der Waals surface area contributed by atoms with Gasteiger partial charge in [0.15, 0.2) is 0 Å². The van der Waals surface area contributed by atoms with E-state index in [9.17, 15) is 4.79 Å². The number of rotatable bonds is 1. The second-order valence-electron chi connectivity index (χ2n) is 3.80. The van der Waals surface area contributed by atoms with Crippen LogP contribution in [-0.2, 0) is 4.79 Å². The molecule has 80 valence electrons. The Balaban J connectivity index is 2.22. The molecule has 0 saturated carbocycles. The average molecular weight is 221 g/mol. The van der Waals surface area contributed by atoms with Gasteiger partial charge >= 0.3 is 0 Å². The molecular formula is C12H15NOS. The summed E-state index contributed by atoms with van der Waals surface area (Å²) in [6, 6.07) is 8.45. The van der Waals surface area contributed by atoms with E-state index in [2.05, 4.69) is 24.4 Å². The van der Waals surface area contributed by atoms with E-state index in [4.69, 9.17) is 0 Å². The summed E-state index contributed by atoms with van der Waals surface area (Å²) in [6.07, 6.45) is 0.646. The first-order valence-corrected chi connectivity index (χ1v) is 6.35. The SMILES string of the molecule is Cc1ccccc1C1CSCCC(=O)N1. The Hall–Kier alpha value is -0.960. The average Bonchev–Trinajstić information content (AvgIpc) is 2.43. The van der Waals surface area contributed by atoms with Crippen molar-refractivity contribution in [2.24, 2.45) is 0 Å². The zero-order valence-corrected chi connectivity index (χ0v) is 9.64. The Morgan fingerprint density at radius 2 is 2.20 bits per heavy atom. The monoisotopic (exact) mass is 221 g/mol. The summed E-state index contributed by atoms with van der Waals surface area (Å²) in [6.45, 7) is 2.09. The van der Waals surface area contributed by atoms with Crippen molar-refractivity contribution in [3.8, 4) is 0 Å². The number of hydrogen-bond donors (Lipinski definition) is 1. The van der Waals surface area contributed by atoms with Gasteiger partial charge in [-0.15, -0.1) is 0 Å². The first-order valence-electron chi connectivity index (χ1n) is 5.20. The van der Waals surface area contributed by atoms with Crippen LogP contribution < -0.4 is 5.32 Å². The highest BCUT2D eigenvalue weighted by Crippen LogP contribution is 2.24. The third kappa shape index (κ3) is 2.53. The molecule has 1 amide bonds. The van der Waals surface area contributed by atoms with Crippen LogP contribution in [0.15, 0.2) is 24.3 Å². The van der Waals surface area contributed by atoms with Gasteiger partial charge in [0.2, 0.25) is 5.91 Å². The van der Waals surface area contributed by atoms with Gasteiger partial charge in [-0.05, 0) is 18.1 Å². The Kier molecular flexibility index (Phi) is 3.31. The van der Waals surface area contributed by atoms with Crippen molar-refractivity contribution < 1.29 is 4.79 Å². The summed E-state index contributed by atoms with van der Waals surface area (Å²) in [5.41, 5.74) is 2.51. The minimum atomic E-state index is 0.174. The lowest BCUT2D eigenvalue weighted by molar-refractivity contribution is -0.121. The molecule has 15 heavy (non-hydrogen) atoms. The lowest BCUT2D eigenvalue weighted by Crippen LogP contribution is -2.28. The first-order chi connectivity index (χ1) is 7.27. The minimum Gasteiger partial charge on any atom is -0.348 e. The molecule has 0 bridgehead atoms. The largest absolute Gasteiger partial charge is 0.348 e. The molecule has 1 N–H and O–H groups in total. The number of nitrogens with one attached hydrogen (secondary N) is 1. The number of carbonyl (C=O) groups excluding carboxylic acids is 1. The van der Waals surface area contributed by atoms with Crippen LogP contribution in [0, 0.1) is 6.92 Å². The van der Waals surface area contributed by atoms with Crippen molar-refractivity contribution in [3.05, 3.63) is 35.4 Å². The Bertz CT molecular complexity index is 364. The molecule has 1 atom stereocenters. The van der Waals surface area contributed by atoms with Crippen LogP contribution >= 0.6 is 11.8 Å². The molecule has 1 aliphatic rings. The van der Waals surface area contributed by atoms with E-state index in [1.165, 1.54) is 11.1 Å². The van der Waals surface area contributed by atoms with E-state index in [-0.39, 0.29) is 11.9 Å². The van der Waals surface area contributed by atoms with E-state index >= 15 is 0 Å². The van der Waals surface area contributed by atoms with Crippen LogP contribution in [0.2, 0.25) is 0 Å². The molecule has 1 aromatic carbocycles. The van der Waals surface area contributed by atoms with E-state index < -0.39 is 0 Å². The zero-order valence-electron chi connectivity index (χ0n) is 8.82. The van der Waals surface area contributed by atoms with Gasteiger partial charge in [0, 0.05) is 17.9 Å². The van der Waals surface area contributed by atoms with Gasteiger partial charge in [-0.25, -0.2) is 0 Å². The smallest absolute Gasteiger partial charge is 0.221 e. The topological polar surface area (TPSA) is 29.1 Å². The molecular weight excluding hydrogens is 206 g/mol. The molecule has 2 nitrogen and oxygen atoms in total. The quantitative estimate of drug-likeness (QED) is 0.788. The number of aryl methyl sites for hydroxylation is 1. The molecule has 1 aliphatic heterocycles. The number of amides is 1. The van der Waals surface area contributed by atoms with E-state index in [1.807, 2.05) is 23.9 Å². The highest BCUT2D eigenvalue weighted by atomic mass is 32.2. The summed E-state index contributed by atoms with van der Waals surface area (Å²) >= 11 is 1.85.